The van der Waals surface area contributed by atoms with Crippen LogP contribution in [0.4, 0.5) is 0 Å². The minimum Gasteiger partial charge on any atom is -0.490 e. The Kier molecular flexibility index (Phi) is 29.4. The van der Waals surface area contributed by atoms with E-state index in [9.17, 15) is 53.7 Å². The van der Waals surface area contributed by atoms with Gasteiger partial charge in [-0.3, -0.25) is 24.1 Å². The molecule has 7 aromatic carbocycles. The molecule has 3 unspecified atom stereocenters. The van der Waals surface area contributed by atoms with Gasteiger partial charge in [0.15, 0.2) is 17.0 Å². The second-order valence-electron chi connectivity index (χ2n) is 32.4. The number of carboxylic acids is 3. The van der Waals surface area contributed by atoms with Crippen LogP contribution in [-0.4, -0.2) is 188 Å². The molecule has 0 radical (unpaired) electrons. The minimum atomic E-state index is -1.39. The highest BCUT2D eigenvalue weighted by Gasteiger charge is 2.64. The molecule has 24 nitrogen and oxygen atoms in total. The molecule has 3 aliphatic carbocycles. The number of carboxylic acid groups (broad SMARTS) is 3. The van der Waals surface area contributed by atoms with Crippen LogP contribution in [0.3, 0.4) is 0 Å². The van der Waals surface area contributed by atoms with Crippen LogP contribution in [0.15, 0.2) is 213 Å². The van der Waals surface area contributed by atoms with Crippen molar-refractivity contribution >= 4 is 87.1 Å². The smallest absolute Gasteiger partial charge is 0.371 e. The number of fused-ring (bicyclic) bond motifs is 5. The number of hydrogen-bond acceptors (Lipinski definition) is 20. The number of piperazine rings is 1. The Labute approximate surface area is 690 Å². The van der Waals surface area contributed by atoms with Crippen LogP contribution in [0.2, 0.25) is 0 Å². The second-order valence-corrected chi connectivity index (χ2v) is 34.2. The minimum absolute atomic E-state index is 0.0105. The van der Waals surface area contributed by atoms with E-state index in [1.807, 2.05) is 19.9 Å². The first-order valence-electron chi connectivity index (χ1n) is 39.9. The van der Waals surface area contributed by atoms with E-state index in [1.54, 1.807) is 24.3 Å². The Hall–Kier alpha value is -11.0. The molecule has 6 atom stereocenters. The molecule has 0 bridgehead atoms. The Morgan fingerprint density at radius 3 is 1.59 bits per heavy atom. The summed E-state index contributed by atoms with van der Waals surface area (Å²) in [4.78, 5) is 104. The number of esters is 1. The zero-order valence-electron chi connectivity index (χ0n) is 67.9. The summed E-state index contributed by atoms with van der Waals surface area (Å²) >= 11 is 1.42. The molecule has 9 aromatic rings. The maximum Gasteiger partial charge on any atom is 0.371 e. The third-order valence-corrected chi connectivity index (χ3v) is 23.4. The van der Waals surface area contributed by atoms with Gasteiger partial charge in [0, 0.05) is 49.6 Å². The summed E-state index contributed by atoms with van der Waals surface area (Å²) in [6.07, 6.45) is 12.5. The number of thioether (sulfide) groups is 1. The third kappa shape index (κ3) is 22.0. The number of aliphatic hydroxyl groups is 2. The summed E-state index contributed by atoms with van der Waals surface area (Å²) in [5.74, 6) is -5.26. The quantitative estimate of drug-likeness (QED) is 0.0275. The molecule has 3 aliphatic heterocycles. The van der Waals surface area contributed by atoms with Crippen molar-refractivity contribution in [3.63, 3.8) is 0 Å². The molecule has 15 rings (SSSR count). The number of nitrogens with one attached hydrogen (secondary N) is 1. The molecular formula is C93H106N6O18S. The lowest BCUT2D eigenvalue weighted by molar-refractivity contribution is -0.164. The first-order valence-corrected chi connectivity index (χ1v) is 40.8. The fourth-order valence-corrected chi connectivity index (χ4v) is 17.8. The molecule has 25 heteroatoms. The average molecular weight is 1630 g/mol. The van der Waals surface area contributed by atoms with Crippen molar-refractivity contribution < 1.29 is 77.3 Å². The van der Waals surface area contributed by atoms with Gasteiger partial charge in [0.25, 0.3) is 0 Å². The van der Waals surface area contributed by atoms with Crippen molar-refractivity contribution in [2.24, 2.45) is 17.1 Å². The molecule has 0 spiro atoms. The number of aliphatic carboxylic acids is 1. The van der Waals surface area contributed by atoms with Crippen LogP contribution >= 0.6 is 11.8 Å². The van der Waals surface area contributed by atoms with Crippen LogP contribution in [0.5, 0.6) is 11.5 Å². The van der Waals surface area contributed by atoms with E-state index < -0.39 is 80.8 Å². The van der Waals surface area contributed by atoms with E-state index in [1.165, 1.54) is 92.0 Å². The third-order valence-electron chi connectivity index (χ3n) is 21.8. The molecule has 6 aliphatic rings. The van der Waals surface area contributed by atoms with Crippen LogP contribution in [0.25, 0.3) is 39.7 Å². The van der Waals surface area contributed by atoms with E-state index in [2.05, 4.69) is 189 Å². The maximum absolute atomic E-state index is 12.5. The van der Waals surface area contributed by atoms with Gasteiger partial charge in [0.2, 0.25) is 23.3 Å². The van der Waals surface area contributed by atoms with Crippen molar-refractivity contribution in [3.05, 3.63) is 265 Å². The van der Waals surface area contributed by atoms with Crippen molar-refractivity contribution in [1.82, 2.24) is 24.9 Å². The number of amides is 2. The molecule has 2 amide bonds. The fourth-order valence-electron chi connectivity index (χ4n) is 16.2. The summed E-state index contributed by atoms with van der Waals surface area (Å²) in [6.45, 7) is 15.2. The number of nitrogens with zero attached hydrogens (tertiary/aromatic N) is 4. The lowest BCUT2D eigenvalue weighted by atomic mass is 9.71. The zero-order chi connectivity index (χ0) is 84.6. The number of carbonyl (C=O) groups is 6. The second kappa shape index (κ2) is 39.5. The van der Waals surface area contributed by atoms with Crippen LogP contribution < -0.4 is 31.4 Å². The molecule has 5 fully saturated rings. The van der Waals surface area contributed by atoms with Crippen LogP contribution in [0, 0.1) is 11.3 Å². The van der Waals surface area contributed by atoms with E-state index in [-0.39, 0.29) is 75.4 Å². The summed E-state index contributed by atoms with van der Waals surface area (Å²) in [5, 5.41) is 50.2. The lowest BCUT2D eigenvalue weighted by Gasteiger charge is -2.45. The fraction of sp³-hybridized carbons (Fsp3) is 0.376. The highest BCUT2D eigenvalue weighted by molar-refractivity contribution is 8.01. The van der Waals surface area contributed by atoms with Crippen molar-refractivity contribution in [1.29, 1.82) is 0 Å². The first-order chi connectivity index (χ1) is 56.4. The van der Waals surface area contributed by atoms with Gasteiger partial charge in [-0.05, 0) is 154 Å². The highest BCUT2D eigenvalue weighted by atomic mass is 32.2. The number of hydrogen-bond donors (Lipinski definition) is 7. The maximum atomic E-state index is 12.5. The van der Waals surface area contributed by atoms with Gasteiger partial charge in [-0.1, -0.05) is 210 Å². The first kappa shape index (κ1) is 87.8. The largest absolute Gasteiger partial charge is 0.490 e. The predicted molar refractivity (Wildman–Crippen MR) is 455 cm³/mol. The summed E-state index contributed by atoms with van der Waals surface area (Å²) in [6, 6.07) is 57.2. The van der Waals surface area contributed by atoms with Gasteiger partial charge in [-0.2, -0.15) is 0 Å². The average Bonchev–Trinajstić information content (AvgIpc) is 1.55. The molecule has 118 heavy (non-hydrogen) atoms. The molecule has 2 aromatic heterocycles. The standard InChI is InChI=1S/C23H16O11.C20H21N.C18H22N2.C17H24O3.C15H23N3O4S/c24-11(9-31-14-3-1-5-16-20(14)12(25)7-18(33-16)22(27)28)10-32-15-4-2-6-17-21(15)13(26)8-19(34-17)23(29)30;1-21(2)15-7-12-20-18-10-5-3-8-16(18)13-14-17-9-4-6-11-19(17)20;1-19-12-14-20(15-13-19)18(16-8-4-2-5-9-16)17-10-6-3-7-11-17;1-12-9-14(11-17(2,3)10-12)20-16(19)15(18)13-7-5-4-6-8-13;1-14(2)9(12(20)21)18-10(19)8(11(18)23-14)17-13(22)15(16)6-4-3-5-7-15/h1-8,11,24H,9-10H2,(H,27,28)(H,29,30);3-6,8-14H,7,15H2,1-2H3;2-11,18H,12-15H2,1H3;4-8,12,14-15,18H,9-11H2,1-3H3;8-9,11H,3-7,16H2,1-2H3,(H,17,22)(H,20,21)/t;;;;8-,9+,11-/m....1/s1. The van der Waals surface area contributed by atoms with Gasteiger partial charge in [-0.25, -0.2) is 19.2 Å². The van der Waals surface area contributed by atoms with Crippen LogP contribution in [0.1, 0.15) is 165 Å². The van der Waals surface area contributed by atoms with Gasteiger partial charge >= 0.3 is 23.9 Å². The lowest BCUT2D eigenvalue weighted by Crippen LogP contribution is -2.72. The van der Waals surface area contributed by atoms with E-state index in [4.69, 9.17) is 39.0 Å². The summed E-state index contributed by atoms with van der Waals surface area (Å²) < 4.78 is 26.4. The van der Waals surface area contributed by atoms with Gasteiger partial charge in [0.1, 0.15) is 76.3 Å². The van der Waals surface area contributed by atoms with E-state index in [0.29, 0.717) is 30.4 Å². The van der Waals surface area contributed by atoms with Crippen LogP contribution in [-0.2, 0) is 23.9 Å². The predicted octanol–water partition coefficient (Wildman–Crippen LogP) is 13.4. The topological polar surface area (TPSA) is 343 Å². The molecule has 622 valence electrons. The van der Waals surface area contributed by atoms with Gasteiger partial charge in [0.05, 0.1) is 11.6 Å². The number of carbonyl (C=O) groups excluding carboxylic acids is 3. The summed E-state index contributed by atoms with van der Waals surface area (Å²) in [7, 11) is 6.45. The molecule has 2 saturated carbocycles. The summed E-state index contributed by atoms with van der Waals surface area (Å²) in [5.41, 5.74) is 14.3. The monoisotopic (exact) mass is 1630 g/mol. The number of aliphatic hydroxyl groups excluding tert-OH is 2. The number of nitrogens with two attached hydrogens (primary N) is 1. The van der Waals surface area contributed by atoms with Crippen molar-refractivity contribution in [2.45, 2.75) is 145 Å². The van der Waals surface area contributed by atoms with Crippen molar-refractivity contribution in [3.8, 4) is 11.5 Å². The van der Waals surface area contributed by atoms with E-state index in [0.717, 1.165) is 89.8 Å². The molecular weight excluding hydrogens is 1520 g/mol. The Morgan fingerprint density at radius 1 is 0.636 bits per heavy atom. The number of rotatable bonds is 20. The molecule has 8 N–H and O–H groups in total. The zero-order valence-corrected chi connectivity index (χ0v) is 68.7. The molecule has 5 heterocycles. The Balaban J connectivity index is 0.000000147. The SMILES string of the molecule is CC1(C)S[C@@H]2[C@H](NC(=O)C3(N)CCCCC3)C(=O)N2[C@H]1C(=O)O.CC1CC(OC(=O)C(O)c2ccccc2)CC(C)(C)C1.CN(C)CCC=C1c2ccccc2C=Cc2ccccc21.CN1CCN(C(c2ccccc2)c2ccccc2)CC1.O=C(O)c1cc(=O)c2c(OCC(O)COc3cccc4oc(C(=O)O)cc(=O)c34)cccc2o1. The molecule has 3 saturated heterocycles. The van der Waals surface area contributed by atoms with Gasteiger partial charge < -0.3 is 74.3 Å². The number of β-lactam (4-membered cyclic amide) rings is 1. The highest BCUT2D eigenvalue weighted by Crippen LogP contribution is 2.51. The normalized spacial score (nSPS) is 19.7. The van der Waals surface area contributed by atoms with Gasteiger partial charge in [-0.15, -0.1) is 11.8 Å². The number of likely N-dealkylation sites (N-methyl/N-ethyl adjacent to an activating group) is 1. The Bertz CT molecular complexity index is 4990. The number of ether oxygens (including phenoxy) is 3. The number of benzene rings is 7. The van der Waals surface area contributed by atoms with E-state index >= 15 is 0 Å². The van der Waals surface area contributed by atoms with Crippen molar-refractivity contribution in [2.75, 3.05) is 67.1 Å². The number of aromatic carboxylic acids is 2. The Morgan fingerprint density at radius 2 is 1.12 bits per heavy atom.